The van der Waals surface area contributed by atoms with E-state index in [1.807, 2.05) is 13.8 Å². The maximum absolute atomic E-state index is 12.7. The molecule has 1 aliphatic carbocycles. The molecule has 6 nitrogen and oxygen atoms in total. The molecule has 0 saturated heterocycles. The van der Waals surface area contributed by atoms with Crippen LogP contribution in [0.2, 0.25) is 0 Å². The number of amides is 3. The zero-order valence-electron chi connectivity index (χ0n) is 16.8. The Morgan fingerprint density at radius 3 is 2.43 bits per heavy atom. The number of hydrogen-bond acceptors (Lipinski definition) is 4. The summed E-state index contributed by atoms with van der Waals surface area (Å²) in [6.45, 7) is 5.51. The van der Waals surface area contributed by atoms with Crippen molar-refractivity contribution in [2.45, 2.75) is 52.1 Å². The van der Waals surface area contributed by atoms with Crippen LogP contribution in [0, 0.1) is 11.8 Å². The number of carbonyl (C=O) groups is 3. The van der Waals surface area contributed by atoms with Crippen LogP contribution in [0.3, 0.4) is 0 Å². The number of carbonyl (C=O) groups excluding carboxylic acids is 3. The van der Waals surface area contributed by atoms with E-state index in [2.05, 4.69) is 5.32 Å². The maximum Gasteiger partial charge on any atom is 0.261 e. The van der Waals surface area contributed by atoms with Gasteiger partial charge in [0.2, 0.25) is 5.91 Å². The molecule has 6 heteroatoms. The lowest BCUT2D eigenvalue weighted by Gasteiger charge is -2.32. The number of nitrogens with one attached hydrogen (secondary N) is 1. The quantitative estimate of drug-likeness (QED) is 0.550. The standard InChI is InChI=1S/C22H30N2O4/c1-15(2)28-13-7-12-23-20(25)17-9-4-3-8-16(17)14-24-21(26)18-10-5-6-11-19(18)22(24)27/h5-6,10-11,15-17H,3-4,7-9,12-14H2,1-2H3,(H,23,25). The second-order valence-corrected chi connectivity index (χ2v) is 7.98. The molecule has 1 aromatic carbocycles. The van der Waals surface area contributed by atoms with Crippen LogP contribution in [-0.4, -0.2) is 48.4 Å². The van der Waals surface area contributed by atoms with E-state index in [0.29, 0.717) is 30.8 Å². The number of imide groups is 1. The first-order chi connectivity index (χ1) is 13.5. The normalized spacial score (nSPS) is 21.9. The van der Waals surface area contributed by atoms with Gasteiger partial charge in [-0.25, -0.2) is 0 Å². The smallest absolute Gasteiger partial charge is 0.261 e. The molecule has 1 heterocycles. The van der Waals surface area contributed by atoms with E-state index in [0.717, 1.165) is 32.1 Å². The lowest BCUT2D eigenvalue weighted by molar-refractivity contribution is -0.128. The highest BCUT2D eigenvalue weighted by Crippen LogP contribution is 2.33. The molecule has 1 aromatic rings. The molecular weight excluding hydrogens is 356 g/mol. The van der Waals surface area contributed by atoms with E-state index < -0.39 is 0 Å². The Morgan fingerprint density at radius 2 is 1.79 bits per heavy atom. The van der Waals surface area contributed by atoms with Crippen LogP contribution in [0.1, 0.15) is 66.7 Å². The fourth-order valence-corrected chi connectivity index (χ4v) is 4.14. The van der Waals surface area contributed by atoms with Crippen molar-refractivity contribution in [3.05, 3.63) is 35.4 Å². The third-order valence-corrected chi connectivity index (χ3v) is 5.61. The van der Waals surface area contributed by atoms with Crippen molar-refractivity contribution in [2.24, 2.45) is 11.8 Å². The fraction of sp³-hybridized carbons (Fsp3) is 0.591. The van der Waals surface area contributed by atoms with Crippen molar-refractivity contribution < 1.29 is 19.1 Å². The van der Waals surface area contributed by atoms with Gasteiger partial charge in [-0.2, -0.15) is 0 Å². The predicted octanol–water partition coefficient (Wildman–Crippen LogP) is 3.02. The second kappa shape index (κ2) is 9.32. The Labute approximate surface area is 166 Å². The number of nitrogens with zero attached hydrogens (tertiary/aromatic N) is 1. The molecule has 1 aliphatic heterocycles. The van der Waals surface area contributed by atoms with E-state index in [1.54, 1.807) is 24.3 Å². The summed E-state index contributed by atoms with van der Waals surface area (Å²) in [4.78, 5) is 39.3. The summed E-state index contributed by atoms with van der Waals surface area (Å²) in [6, 6.07) is 6.93. The number of rotatable bonds is 8. The van der Waals surface area contributed by atoms with Gasteiger partial charge in [-0.3, -0.25) is 19.3 Å². The summed E-state index contributed by atoms with van der Waals surface area (Å²) in [6.07, 6.45) is 4.68. The monoisotopic (exact) mass is 386 g/mol. The van der Waals surface area contributed by atoms with Crippen LogP contribution in [0.25, 0.3) is 0 Å². The minimum absolute atomic E-state index is 0.0166. The van der Waals surface area contributed by atoms with Crippen molar-refractivity contribution in [3.63, 3.8) is 0 Å². The van der Waals surface area contributed by atoms with Crippen LogP contribution < -0.4 is 5.32 Å². The summed E-state index contributed by atoms with van der Waals surface area (Å²) in [5, 5.41) is 3.01. The first-order valence-corrected chi connectivity index (χ1v) is 10.3. The van der Waals surface area contributed by atoms with Gasteiger partial charge in [0.1, 0.15) is 0 Å². The van der Waals surface area contributed by atoms with Gasteiger partial charge in [0.05, 0.1) is 17.2 Å². The Bertz CT molecular complexity index is 696. The van der Waals surface area contributed by atoms with Crippen LogP contribution in [0.5, 0.6) is 0 Å². The fourth-order valence-electron chi connectivity index (χ4n) is 4.14. The third kappa shape index (κ3) is 4.61. The van der Waals surface area contributed by atoms with Gasteiger partial charge in [-0.1, -0.05) is 25.0 Å². The molecule has 28 heavy (non-hydrogen) atoms. The lowest BCUT2D eigenvalue weighted by Crippen LogP contribution is -2.43. The van der Waals surface area contributed by atoms with Crippen molar-refractivity contribution >= 4 is 17.7 Å². The molecule has 1 fully saturated rings. The highest BCUT2D eigenvalue weighted by molar-refractivity contribution is 6.21. The Kier molecular flexibility index (Phi) is 6.83. The zero-order valence-corrected chi connectivity index (χ0v) is 16.8. The Morgan fingerprint density at radius 1 is 1.14 bits per heavy atom. The second-order valence-electron chi connectivity index (χ2n) is 7.98. The van der Waals surface area contributed by atoms with E-state index >= 15 is 0 Å². The first kappa shape index (κ1) is 20.5. The summed E-state index contributed by atoms with van der Waals surface area (Å²) >= 11 is 0. The molecule has 0 aromatic heterocycles. The largest absolute Gasteiger partial charge is 0.379 e. The first-order valence-electron chi connectivity index (χ1n) is 10.3. The molecule has 3 amide bonds. The van der Waals surface area contributed by atoms with Gasteiger partial charge in [0.15, 0.2) is 0 Å². The number of hydrogen-bond donors (Lipinski definition) is 1. The summed E-state index contributed by atoms with van der Waals surface area (Å²) < 4.78 is 5.50. The Balaban J connectivity index is 1.57. The van der Waals surface area contributed by atoms with E-state index in [4.69, 9.17) is 4.74 Å². The minimum atomic E-state index is -0.240. The Hall–Kier alpha value is -2.21. The summed E-state index contributed by atoms with van der Waals surface area (Å²) in [5.41, 5.74) is 0.934. The topological polar surface area (TPSA) is 75.7 Å². The molecule has 0 spiro atoms. The van der Waals surface area contributed by atoms with Crippen LogP contribution in [-0.2, 0) is 9.53 Å². The van der Waals surface area contributed by atoms with Crippen LogP contribution in [0.15, 0.2) is 24.3 Å². The van der Waals surface area contributed by atoms with Crippen LogP contribution in [0.4, 0.5) is 0 Å². The van der Waals surface area contributed by atoms with Gasteiger partial charge < -0.3 is 10.1 Å². The SMILES string of the molecule is CC(C)OCCCNC(=O)C1CCCCC1CN1C(=O)c2ccccc2C1=O. The van der Waals surface area contributed by atoms with Crippen molar-refractivity contribution in [1.82, 2.24) is 10.2 Å². The molecule has 3 rings (SSSR count). The van der Waals surface area contributed by atoms with Crippen LogP contribution >= 0.6 is 0 Å². The average Bonchev–Trinajstić information content (AvgIpc) is 2.93. The molecule has 2 aliphatic rings. The number of benzene rings is 1. The summed E-state index contributed by atoms with van der Waals surface area (Å²) in [7, 11) is 0. The molecule has 2 unspecified atom stereocenters. The zero-order chi connectivity index (χ0) is 20.1. The molecule has 0 bridgehead atoms. The highest BCUT2D eigenvalue weighted by atomic mass is 16.5. The number of fused-ring (bicyclic) bond motifs is 1. The van der Waals surface area contributed by atoms with E-state index in [1.165, 1.54) is 4.90 Å². The van der Waals surface area contributed by atoms with Gasteiger partial charge in [-0.15, -0.1) is 0 Å². The molecule has 2 atom stereocenters. The number of ether oxygens (including phenoxy) is 1. The van der Waals surface area contributed by atoms with Gasteiger partial charge in [0, 0.05) is 25.6 Å². The van der Waals surface area contributed by atoms with Gasteiger partial charge >= 0.3 is 0 Å². The average molecular weight is 386 g/mol. The van der Waals surface area contributed by atoms with E-state index in [-0.39, 0.29) is 35.7 Å². The lowest BCUT2D eigenvalue weighted by atomic mass is 9.78. The summed E-state index contributed by atoms with van der Waals surface area (Å²) in [5.74, 6) is -0.579. The third-order valence-electron chi connectivity index (χ3n) is 5.61. The molecule has 0 radical (unpaired) electrons. The van der Waals surface area contributed by atoms with Crippen molar-refractivity contribution in [3.8, 4) is 0 Å². The predicted molar refractivity (Wildman–Crippen MR) is 106 cm³/mol. The van der Waals surface area contributed by atoms with Gasteiger partial charge in [-0.05, 0) is 51.2 Å². The highest BCUT2D eigenvalue weighted by Gasteiger charge is 2.39. The molecule has 152 valence electrons. The van der Waals surface area contributed by atoms with Gasteiger partial charge in [0.25, 0.3) is 11.8 Å². The molecular formula is C22H30N2O4. The molecule has 1 saturated carbocycles. The maximum atomic E-state index is 12.7. The minimum Gasteiger partial charge on any atom is -0.379 e. The van der Waals surface area contributed by atoms with Crippen molar-refractivity contribution in [1.29, 1.82) is 0 Å². The molecule has 1 N–H and O–H groups in total. The van der Waals surface area contributed by atoms with Crippen molar-refractivity contribution in [2.75, 3.05) is 19.7 Å². The van der Waals surface area contributed by atoms with E-state index in [9.17, 15) is 14.4 Å².